The van der Waals surface area contributed by atoms with Crippen LogP contribution in [-0.4, -0.2) is 42.4 Å². The van der Waals surface area contributed by atoms with Crippen LogP contribution in [0.3, 0.4) is 0 Å². The van der Waals surface area contributed by atoms with Crippen LogP contribution in [0.25, 0.3) is 0 Å². The van der Waals surface area contributed by atoms with Gasteiger partial charge in [-0.3, -0.25) is 4.79 Å². The summed E-state index contributed by atoms with van der Waals surface area (Å²) in [6.07, 6.45) is 3.73. The van der Waals surface area contributed by atoms with Crippen molar-refractivity contribution in [1.29, 1.82) is 0 Å². The van der Waals surface area contributed by atoms with Gasteiger partial charge in [0.2, 0.25) is 6.29 Å². The van der Waals surface area contributed by atoms with Crippen molar-refractivity contribution in [2.75, 3.05) is 0 Å². The molecule has 1 unspecified atom stereocenters. The Hall–Kier alpha value is -2.99. The van der Waals surface area contributed by atoms with E-state index < -0.39 is 31.4 Å². The first-order chi connectivity index (χ1) is 14.2. The average molecular weight is 416 g/mol. The van der Waals surface area contributed by atoms with Gasteiger partial charge >= 0.3 is 19.2 Å². The molecule has 30 heavy (non-hydrogen) atoms. The first-order valence-electron chi connectivity index (χ1n) is 9.71. The smallest absolute Gasteiger partial charge is 0.526 e. The van der Waals surface area contributed by atoms with Gasteiger partial charge in [0.05, 0.1) is 6.10 Å². The molecule has 1 N–H and O–H groups in total. The lowest BCUT2D eigenvalue weighted by atomic mass is 9.64. The zero-order chi connectivity index (χ0) is 22.3. The summed E-state index contributed by atoms with van der Waals surface area (Å²) in [7, 11) is -1.25. The van der Waals surface area contributed by atoms with Gasteiger partial charge in [-0.25, -0.2) is 9.59 Å². The SMILES string of the molecule is C#CCCC(=O)C[C@H]1Cc2cccc(C(=O)OC(C)OC(=O)OC(C)C)c2OB1O. The molecule has 1 heterocycles. The van der Waals surface area contributed by atoms with Crippen molar-refractivity contribution in [3.63, 3.8) is 0 Å². The number of ether oxygens (including phenoxy) is 3. The minimum atomic E-state index is -1.25. The number of terminal acetylenes is 1. The number of hydrogen-bond donors (Lipinski definition) is 1. The molecule has 0 spiro atoms. The molecular formula is C21H25BO8. The van der Waals surface area contributed by atoms with Crippen LogP contribution in [0, 0.1) is 12.3 Å². The summed E-state index contributed by atoms with van der Waals surface area (Å²) >= 11 is 0. The normalized spacial score (nSPS) is 16.0. The Labute approximate surface area is 176 Å². The van der Waals surface area contributed by atoms with Crippen LogP contribution in [0.4, 0.5) is 4.79 Å². The fraction of sp³-hybridized carbons (Fsp3) is 0.476. The van der Waals surface area contributed by atoms with Crippen molar-refractivity contribution in [3.05, 3.63) is 29.3 Å². The minimum absolute atomic E-state index is 0.0566. The van der Waals surface area contributed by atoms with Crippen LogP contribution in [-0.2, 0) is 25.4 Å². The third-order valence-electron chi connectivity index (χ3n) is 4.35. The summed E-state index contributed by atoms with van der Waals surface area (Å²) in [4.78, 5) is 36.0. The maximum absolute atomic E-state index is 12.5. The van der Waals surface area contributed by atoms with Crippen molar-refractivity contribution >= 4 is 25.0 Å². The van der Waals surface area contributed by atoms with E-state index in [9.17, 15) is 19.4 Å². The van der Waals surface area contributed by atoms with Gasteiger partial charge in [0.25, 0.3) is 0 Å². The average Bonchev–Trinajstić information content (AvgIpc) is 2.65. The first kappa shape index (κ1) is 23.3. The van der Waals surface area contributed by atoms with E-state index in [1.54, 1.807) is 26.0 Å². The van der Waals surface area contributed by atoms with Crippen LogP contribution in [0.2, 0.25) is 5.82 Å². The molecule has 0 bridgehead atoms. The van der Waals surface area contributed by atoms with Gasteiger partial charge in [-0.05, 0) is 31.9 Å². The number of esters is 1. The monoisotopic (exact) mass is 416 g/mol. The standard InChI is InChI=1S/C21H25BO8/c1-5-6-9-17(23)12-16-11-15-8-7-10-18(19(15)30-22(16)26)20(24)28-14(4)29-21(25)27-13(2)3/h1,7-8,10,13-14,16,26H,6,9,11-12H2,2-4H3/t14?,16-/m1/s1. The first-order valence-corrected chi connectivity index (χ1v) is 9.71. The Morgan fingerprint density at radius 3 is 2.67 bits per heavy atom. The van der Waals surface area contributed by atoms with Crippen molar-refractivity contribution in [3.8, 4) is 18.1 Å². The van der Waals surface area contributed by atoms with E-state index in [0.717, 1.165) is 0 Å². The molecule has 0 fully saturated rings. The molecule has 0 saturated heterocycles. The summed E-state index contributed by atoms with van der Waals surface area (Å²) in [5, 5.41) is 10.3. The molecule has 160 valence electrons. The maximum Gasteiger partial charge on any atom is 0.526 e. The number of carbonyl (C=O) groups excluding carboxylic acids is 3. The quantitative estimate of drug-likeness (QED) is 0.298. The summed E-state index contributed by atoms with van der Waals surface area (Å²) < 4.78 is 20.4. The predicted molar refractivity (Wildman–Crippen MR) is 108 cm³/mol. The number of hydrogen-bond acceptors (Lipinski definition) is 8. The van der Waals surface area contributed by atoms with Crippen molar-refractivity contribution < 1.29 is 38.3 Å². The summed E-state index contributed by atoms with van der Waals surface area (Å²) in [5.74, 6) is 1.31. The Balaban J connectivity index is 2.05. The number of benzene rings is 1. The Morgan fingerprint density at radius 1 is 1.27 bits per heavy atom. The Morgan fingerprint density at radius 2 is 2.00 bits per heavy atom. The van der Waals surface area contributed by atoms with E-state index >= 15 is 0 Å². The van der Waals surface area contributed by atoms with E-state index in [-0.39, 0.29) is 36.0 Å². The second-order valence-corrected chi connectivity index (χ2v) is 7.22. The van der Waals surface area contributed by atoms with E-state index in [1.165, 1.54) is 13.0 Å². The number of carbonyl (C=O) groups is 3. The van der Waals surface area contributed by atoms with Crippen LogP contribution in [0.1, 0.15) is 56.0 Å². The fourth-order valence-electron chi connectivity index (χ4n) is 3.02. The third-order valence-corrected chi connectivity index (χ3v) is 4.35. The lowest BCUT2D eigenvalue weighted by Gasteiger charge is -2.28. The number of ketones is 1. The number of para-hydroxylation sites is 1. The zero-order valence-corrected chi connectivity index (χ0v) is 17.3. The van der Waals surface area contributed by atoms with Crippen LogP contribution < -0.4 is 4.65 Å². The highest BCUT2D eigenvalue weighted by molar-refractivity contribution is 6.47. The summed E-state index contributed by atoms with van der Waals surface area (Å²) in [6, 6.07) is 4.87. The second kappa shape index (κ2) is 10.7. The van der Waals surface area contributed by atoms with Crippen molar-refractivity contribution in [2.45, 2.75) is 64.7 Å². The molecule has 1 aromatic rings. The van der Waals surface area contributed by atoms with Gasteiger partial charge in [0.15, 0.2) is 0 Å². The molecule has 0 amide bonds. The van der Waals surface area contributed by atoms with Gasteiger partial charge in [0.1, 0.15) is 17.1 Å². The maximum atomic E-state index is 12.5. The number of Topliss-reactive ketones (excluding diaryl/α,β-unsaturated/α-hetero) is 1. The largest absolute Gasteiger partial charge is 0.535 e. The Bertz CT molecular complexity index is 829. The Kier molecular flexibility index (Phi) is 8.30. The number of rotatable bonds is 8. The van der Waals surface area contributed by atoms with E-state index in [0.29, 0.717) is 18.4 Å². The van der Waals surface area contributed by atoms with Crippen LogP contribution >= 0.6 is 0 Å². The topological polar surface area (TPSA) is 108 Å². The number of fused-ring (bicyclic) bond motifs is 1. The van der Waals surface area contributed by atoms with Crippen LogP contribution in [0.5, 0.6) is 5.75 Å². The molecule has 0 saturated carbocycles. The molecule has 1 aliphatic rings. The summed E-state index contributed by atoms with van der Waals surface area (Å²) in [6.45, 7) is 4.70. The highest BCUT2D eigenvalue weighted by Gasteiger charge is 2.38. The van der Waals surface area contributed by atoms with Gasteiger partial charge in [-0.15, -0.1) is 12.3 Å². The minimum Gasteiger partial charge on any atom is -0.535 e. The van der Waals surface area contributed by atoms with E-state index in [1.807, 2.05) is 0 Å². The predicted octanol–water partition coefficient (Wildman–Crippen LogP) is 2.91. The molecule has 0 radical (unpaired) electrons. The van der Waals surface area contributed by atoms with Crippen molar-refractivity contribution in [1.82, 2.24) is 0 Å². The van der Waals surface area contributed by atoms with Gasteiger partial charge in [-0.2, -0.15) is 0 Å². The van der Waals surface area contributed by atoms with E-state index in [2.05, 4.69) is 5.92 Å². The van der Waals surface area contributed by atoms with Crippen LogP contribution in [0.15, 0.2) is 18.2 Å². The molecule has 0 aromatic heterocycles. The van der Waals surface area contributed by atoms with Gasteiger partial charge in [0, 0.05) is 32.0 Å². The molecule has 2 rings (SSSR count). The molecule has 1 aliphatic heterocycles. The van der Waals surface area contributed by atoms with Gasteiger partial charge in [-0.1, -0.05) is 12.1 Å². The highest BCUT2D eigenvalue weighted by atomic mass is 16.8. The fourth-order valence-corrected chi connectivity index (χ4v) is 3.02. The van der Waals surface area contributed by atoms with Gasteiger partial charge < -0.3 is 23.9 Å². The molecule has 9 heteroatoms. The third kappa shape index (κ3) is 6.53. The lowest BCUT2D eigenvalue weighted by molar-refractivity contribution is -0.119. The zero-order valence-electron chi connectivity index (χ0n) is 17.3. The van der Waals surface area contributed by atoms with Crippen molar-refractivity contribution in [2.24, 2.45) is 0 Å². The molecule has 1 aromatic carbocycles. The van der Waals surface area contributed by atoms with E-state index in [4.69, 9.17) is 25.3 Å². The second-order valence-electron chi connectivity index (χ2n) is 7.22. The molecule has 0 aliphatic carbocycles. The molecule has 2 atom stereocenters. The summed E-state index contributed by atoms with van der Waals surface area (Å²) in [5.41, 5.74) is 0.744. The highest BCUT2D eigenvalue weighted by Crippen LogP contribution is 2.36. The lowest BCUT2D eigenvalue weighted by Crippen LogP contribution is -2.36. The molecule has 8 nitrogen and oxygen atoms in total. The molecular weight excluding hydrogens is 391 g/mol.